The van der Waals surface area contributed by atoms with Crippen LogP contribution >= 0.6 is 11.3 Å². The van der Waals surface area contributed by atoms with E-state index in [0.717, 1.165) is 54.1 Å². The Balaban J connectivity index is 1.36. The molecule has 1 amide bonds. The third kappa shape index (κ3) is 4.98. The van der Waals surface area contributed by atoms with Crippen molar-refractivity contribution in [3.8, 4) is 0 Å². The van der Waals surface area contributed by atoms with Gasteiger partial charge in [-0.05, 0) is 31.7 Å². The fourth-order valence-electron chi connectivity index (χ4n) is 3.34. The molecule has 0 spiro atoms. The van der Waals surface area contributed by atoms with Crippen LogP contribution < -0.4 is 10.6 Å². The summed E-state index contributed by atoms with van der Waals surface area (Å²) in [5.41, 5.74) is 0.833. The fraction of sp³-hybridized carbons (Fsp3) is 0.611. The summed E-state index contributed by atoms with van der Waals surface area (Å²) < 4.78 is 23.5. The van der Waals surface area contributed by atoms with Crippen LogP contribution in [-0.2, 0) is 14.6 Å². The van der Waals surface area contributed by atoms with Crippen molar-refractivity contribution >= 4 is 48.2 Å². The minimum atomic E-state index is -2.92. The first kappa shape index (κ1) is 19.5. The number of anilines is 2. The van der Waals surface area contributed by atoms with Crippen LogP contribution in [0.1, 0.15) is 25.7 Å². The van der Waals surface area contributed by atoms with Crippen LogP contribution in [0, 0.1) is 5.92 Å². The summed E-state index contributed by atoms with van der Waals surface area (Å²) in [5.74, 6) is 0.987. The van der Waals surface area contributed by atoms with Crippen molar-refractivity contribution in [3.05, 3.63) is 12.3 Å². The molecule has 0 bridgehead atoms. The zero-order valence-corrected chi connectivity index (χ0v) is 17.5. The van der Waals surface area contributed by atoms with Gasteiger partial charge in [0.25, 0.3) is 0 Å². The van der Waals surface area contributed by atoms with Gasteiger partial charge in [-0.3, -0.25) is 4.79 Å². The van der Waals surface area contributed by atoms with E-state index >= 15 is 0 Å². The van der Waals surface area contributed by atoms with Gasteiger partial charge in [-0.15, -0.1) is 0 Å². The molecule has 1 saturated heterocycles. The fourth-order valence-corrected chi connectivity index (χ4v) is 4.91. The third-order valence-corrected chi connectivity index (χ3v) is 7.12. The average Bonchev–Trinajstić information content (AvgIpc) is 3.41. The maximum atomic E-state index is 12.1. The number of piperidine rings is 1. The molecule has 28 heavy (non-hydrogen) atoms. The standard InChI is InChI=1S/C18H25N5O3S2/c1-28(25,26)11-10-23-8-5-13(6-9-23)20-18-21-14-4-7-19-16(15(14)27-18)22-17(24)12-2-3-12/h4,7,12-13H,2-3,5-6,8-11H2,1H3,(H,20,21)(H,19,22,24). The highest BCUT2D eigenvalue weighted by Crippen LogP contribution is 2.34. The molecule has 2 N–H and O–H groups in total. The van der Waals surface area contributed by atoms with Crippen LogP contribution in [0.25, 0.3) is 10.2 Å². The number of nitrogens with zero attached hydrogens (tertiary/aromatic N) is 3. The van der Waals surface area contributed by atoms with Crippen molar-refractivity contribution in [2.75, 3.05) is 42.3 Å². The molecular formula is C18H25N5O3S2. The lowest BCUT2D eigenvalue weighted by atomic mass is 10.1. The number of amides is 1. The Hall–Kier alpha value is -1.78. The van der Waals surface area contributed by atoms with Crippen LogP contribution in [0.2, 0.25) is 0 Å². The van der Waals surface area contributed by atoms with E-state index in [9.17, 15) is 13.2 Å². The van der Waals surface area contributed by atoms with Gasteiger partial charge in [0.15, 0.2) is 10.9 Å². The molecule has 0 atom stereocenters. The molecule has 2 fully saturated rings. The summed E-state index contributed by atoms with van der Waals surface area (Å²) in [5, 5.41) is 7.27. The van der Waals surface area contributed by atoms with Gasteiger partial charge >= 0.3 is 0 Å². The molecule has 0 aromatic carbocycles. The van der Waals surface area contributed by atoms with E-state index in [0.29, 0.717) is 18.4 Å². The molecular weight excluding hydrogens is 398 g/mol. The summed E-state index contributed by atoms with van der Waals surface area (Å²) in [6.45, 7) is 2.35. The third-order valence-electron chi connectivity index (χ3n) is 5.19. The highest BCUT2D eigenvalue weighted by molar-refractivity contribution is 7.90. The molecule has 10 heteroatoms. The number of nitrogens with one attached hydrogen (secondary N) is 2. The maximum absolute atomic E-state index is 12.1. The summed E-state index contributed by atoms with van der Waals surface area (Å²) >= 11 is 1.51. The highest BCUT2D eigenvalue weighted by Gasteiger charge is 2.30. The summed E-state index contributed by atoms with van der Waals surface area (Å²) in [6.07, 6.45) is 6.77. The minimum Gasteiger partial charge on any atom is -0.359 e. The Morgan fingerprint density at radius 3 is 2.71 bits per heavy atom. The van der Waals surface area contributed by atoms with Gasteiger partial charge in [-0.25, -0.2) is 18.4 Å². The molecule has 2 aromatic heterocycles. The smallest absolute Gasteiger partial charge is 0.228 e. The second kappa shape index (κ2) is 7.92. The summed E-state index contributed by atoms with van der Waals surface area (Å²) in [7, 11) is -2.92. The van der Waals surface area contributed by atoms with E-state index in [-0.39, 0.29) is 17.6 Å². The topological polar surface area (TPSA) is 104 Å². The second-order valence-corrected chi connectivity index (χ2v) is 10.9. The monoisotopic (exact) mass is 423 g/mol. The zero-order valence-electron chi connectivity index (χ0n) is 15.8. The number of rotatable bonds is 7. The maximum Gasteiger partial charge on any atom is 0.228 e. The number of sulfone groups is 1. The lowest BCUT2D eigenvalue weighted by molar-refractivity contribution is -0.117. The van der Waals surface area contributed by atoms with Gasteiger partial charge in [-0.1, -0.05) is 11.3 Å². The van der Waals surface area contributed by atoms with E-state index < -0.39 is 9.84 Å². The number of pyridine rings is 1. The molecule has 1 saturated carbocycles. The second-order valence-electron chi connectivity index (χ2n) is 7.68. The molecule has 152 valence electrons. The molecule has 3 heterocycles. The molecule has 0 unspecified atom stereocenters. The molecule has 4 rings (SSSR count). The first-order chi connectivity index (χ1) is 13.4. The van der Waals surface area contributed by atoms with Crippen molar-refractivity contribution < 1.29 is 13.2 Å². The van der Waals surface area contributed by atoms with Gasteiger partial charge in [0.2, 0.25) is 5.91 Å². The Morgan fingerprint density at radius 2 is 2.04 bits per heavy atom. The van der Waals surface area contributed by atoms with Crippen molar-refractivity contribution in [1.29, 1.82) is 0 Å². The van der Waals surface area contributed by atoms with E-state index in [1.165, 1.54) is 17.6 Å². The Labute approximate surface area is 168 Å². The number of thiazole rings is 1. The van der Waals surface area contributed by atoms with Gasteiger partial charge in [0.1, 0.15) is 9.84 Å². The van der Waals surface area contributed by atoms with E-state index in [4.69, 9.17) is 0 Å². The molecule has 2 aromatic rings. The Morgan fingerprint density at radius 1 is 1.29 bits per heavy atom. The number of hydrogen-bond donors (Lipinski definition) is 2. The molecule has 2 aliphatic rings. The number of hydrogen-bond acceptors (Lipinski definition) is 8. The summed E-state index contributed by atoms with van der Waals surface area (Å²) in [6, 6.07) is 2.17. The summed E-state index contributed by atoms with van der Waals surface area (Å²) in [4.78, 5) is 23.2. The van der Waals surface area contributed by atoms with Crippen LogP contribution in [0.15, 0.2) is 12.3 Å². The van der Waals surface area contributed by atoms with Crippen molar-refractivity contribution in [3.63, 3.8) is 0 Å². The minimum absolute atomic E-state index is 0.0457. The largest absolute Gasteiger partial charge is 0.359 e. The Kier molecular flexibility index (Phi) is 5.52. The van der Waals surface area contributed by atoms with Crippen molar-refractivity contribution in [2.45, 2.75) is 31.7 Å². The van der Waals surface area contributed by atoms with Crippen LogP contribution in [0.4, 0.5) is 10.9 Å². The van der Waals surface area contributed by atoms with Gasteiger partial charge in [-0.2, -0.15) is 0 Å². The first-order valence-corrected chi connectivity index (χ1v) is 12.5. The van der Waals surface area contributed by atoms with Crippen LogP contribution in [0.3, 0.4) is 0 Å². The van der Waals surface area contributed by atoms with Gasteiger partial charge < -0.3 is 15.5 Å². The van der Waals surface area contributed by atoms with Crippen molar-refractivity contribution in [1.82, 2.24) is 14.9 Å². The molecule has 0 radical (unpaired) electrons. The van der Waals surface area contributed by atoms with E-state index in [2.05, 4.69) is 25.5 Å². The average molecular weight is 424 g/mol. The molecule has 8 nitrogen and oxygen atoms in total. The van der Waals surface area contributed by atoms with Gasteiger partial charge in [0.05, 0.1) is 16.0 Å². The number of likely N-dealkylation sites (tertiary alicyclic amines) is 1. The van der Waals surface area contributed by atoms with E-state index in [1.807, 2.05) is 6.07 Å². The predicted octanol–water partition coefficient (Wildman–Crippen LogP) is 1.96. The lowest BCUT2D eigenvalue weighted by Gasteiger charge is -2.32. The first-order valence-electron chi connectivity index (χ1n) is 9.60. The Bertz CT molecular complexity index is 963. The normalized spacial score (nSPS) is 19.0. The van der Waals surface area contributed by atoms with Crippen LogP contribution in [0.5, 0.6) is 0 Å². The van der Waals surface area contributed by atoms with Gasteiger partial charge in [0, 0.05) is 44.0 Å². The SMILES string of the molecule is CS(=O)(=O)CCN1CCC(Nc2nc3ccnc(NC(=O)C4CC4)c3s2)CC1. The zero-order chi connectivity index (χ0) is 19.7. The number of carbonyl (C=O) groups is 1. The predicted molar refractivity (Wildman–Crippen MR) is 112 cm³/mol. The number of carbonyl (C=O) groups excluding carboxylic acids is 1. The van der Waals surface area contributed by atoms with Crippen molar-refractivity contribution in [2.24, 2.45) is 5.92 Å². The highest BCUT2D eigenvalue weighted by atomic mass is 32.2. The molecule has 1 aliphatic carbocycles. The quantitative estimate of drug-likeness (QED) is 0.701. The molecule has 1 aliphatic heterocycles. The number of aromatic nitrogens is 2. The lowest BCUT2D eigenvalue weighted by Crippen LogP contribution is -2.41. The van der Waals surface area contributed by atoms with Crippen LogP contribution in [-0.4, -0.2) is 66.9 Å². The number of fused-ring (bicyclic) bond motifs is 1. The van der Waals surface area contributed by atoms with E-state index in [1.54, 1.807) is 6.20 Å².